The second-order valence-corrected chi connectivity index (χ2v) is 5.80. The van der Waals surface area contributed by atoms with Gasteiger partial charge in [0.05, 0.1) is 0 Å². The molecule has 1 aliphatic rings. The van der Waals surface area contributed by atoms with Gasteiger partial charge in [0.25, 0.3) is 0 Å². The maximum atomic E-state index is 13.1. The molecule has 5 nitrogen and oxygen atoms in total. The van der Waals surface area contributed by atoms with Crippen LogP contribution in [0.5, 0.6) is 0 Å². The van der Waals surface area contributed by atoms with Gasteiger partial charge in [-0.2, -0.15) is 4.98 Å². The van der Waals surface area contributed by atoms with Crippen molar-refractivity contribution in [3.8, 4) is 0 Å². The summed E-state index contributed by atoms with van der Waals surface area (Å²) in [5, 5.41) is 6.98. The zero-order valence-corrected chi connectivity index (χ0v) is 12.9. The summed E-state index contributed by atoms with van der Waals surface area (Å²) in [4.78, 5) is 16.5. The first kappa shape index (κ1) is 15.4. The molecule has 1 aromatic carbocycles. The van der Waals surface area contributed by atoms with E-state index in [1.165, 1.54) is 18.2 Å². The summed E-state index contributed by atoms with van der Waals surface area (Å²) >= 11 is 0. The van der Waals surface area contributed by atoms with Crippen LogP contribution in [0.2, 0.25) is 0 Å². The minimum atomic E-state index is -0.568. The predicted molar refractivity (Wildman–Crippen MR) is 82.8 cm³/mol. The number of rotatable bonds is 4. The fourth-order valence-corrected chi connectivity index (χ4v) is 2.94. The van der Waals surface area contributed by atoms with Gasteiger partial charge >= 0.3 is 0 Å². The molecule has 0 aliphatic heterocycles. The highest BCUT2D eigenvalue weighted by Crippen LogP contribution is 2.37. The molecule has 6 heteroatoms. The van der Waals surface area contributed by atoms with E-state index in [-0.39, 0.29) is 11.7 Å². The molecule has 0 bridgehead atoms. The molecule has 0 radical (unpaired) electrons. The van der Waals surface area contributed by atoms with E-state index in [1.807, 2.05) is 0 Å². The van der Waals surface area contributed by atoms with Crippen LogP contribution in [0.4, 0.5) is 4.39 Å². The Hall–Kier alpha value is -2.50. The predicted octanol–water partition coefficient (Wildman–Crippen LogP) is 3.12. The number of nitrogens with one attached hydrogen (secondary N) is 1. The third-order valence-electron chi connectivity index (χ3n) is 4.05. The summed E-state index contributed by atoms with van der Waals surface area (Å²) in [5.74, 6) is 0.427. The van der Waals surface area contributed by atoms with E-state index in [9.17, 15) is 9.18 Å². The molecule has 3 rings (SSSR count). The molecule has 1 aliphatic carbocycles. The highest BCUT2D eigenvalue weighted by molar-refractivity contribution is 5.92. The fraction of sp³-hybridized carbons (Fsp3) is 0.353. The zero-order valence-electron chi connectivity index (χ0n) is 12.9. The van der Waals surface area contributed by atoms with Crippen LogP contribution in [-0.2, 0) is 10.3 Å². The summed E-state index contributed by atoms with van der Waals surface area (Å²) in [7, 11) is 0. The molecule has 1 saturated carbocycles. The molecule has 1 heterocycles. The largest absolute Gasteiger partial charge is 0.340 e. The van der Waals surface area contributed by atoms with Crippen molar-refractivity contribution < 1.29 is 13.7 Å². The van der Waals surface area contributed by atoms with Crippen molar-refractivity contribution >= 4 is 12.0 Å². The van der Waals surface area contributed by atoms with Crippen molar-refractivity contribution in [2.45, 2.75) is 38.1 Å². The number of halogens is 1. The Labute approximate surface area is 133 Å². The van der Waals surface area contributed by atoms with E-state index >= 15 is 0 Å². The molecule has 120 valence electrons. The monoisotopic (exact) mass is 315 g/mol. The minimum Gasteiger partial charge on any atom is -0.340 e. The quantitative estimate of drug-likeness (QED) is 0.880. The molecule has 0 saturated heterocycles. The molecule has 1 amide bonds. The van der Waals surface area contributed by atoms with E-state index in [4.69, 9.17) is 4.52 Å². The number of carbonyl (C=O) groups is 1. The van der Waals surface area contributed by atoms with Crippen LogP contribution in [0.15, 0.2) is 34.9 Å². The first-order valence-corrected chi connectivity index (χ1v) is 7.64. The highest BCUT2D eigenvalue weighted by Gasteiger charge is 2.40. The van der Waals surface area contributed by atoms with Crippen molar-refractivity contribution in [1.29, 1.82) is 0 Å². The number of benzene rings is 1. The van der Waals surface area contributed by atoms with Crippen molar-refractivity contribution in [2.75, 3.05) is 0 Å². The number of aromatic nitrogens is 2. The van der Waals surface area contributed by atoms with Crippen LogP contribution in [-0.4, -0.2) is 16.0 Å². The molecule has 1 fully saturated rings. The number of hydrogen-bond donors (Lipinski definition) is 1. The van der Waals surface area contributed by atoms with Gasteiger partial charge in [-0.3, -0.25) is 4.79 Å². The summed E-state index contributed by atoms with van der Waals surface area (Å²) in [6.45, 7) is 1.73. The maximum Gasteiger partial charge on any atom is 0.244 e. The Morgan fingerprint density at radius 3 is 2.83 bits per heavy atom. The van der Waals surface area contributed by atoms with Crippen LogP contribution in [0.25, 0.3) is 6.08 Å². The second-order valence-electron chi connectivity index (χ2n) is 5.80. The third-order valence-corrected chi connectivity index (χ3v) is 4.05. The van der Waals surface area contributed by atoms with Gasteiger partial charge in [0.15, 0.2) is 5.82 Å². The highest BCUT2D eigenvalue weighted by atomic mass is 19.1. The number of amides is 1. The van der Waals surface area contributed by atoms with Gasteiger partial charge in [-0.15, -0.1) is 0 Å². The molecule has 1 aromatic heterocycles. The average molecular weight is 315 g/mol. The lowest BCUT2D eigenvalue weighted by molar-refractivity contribution is -0.118. The van der Waals surface area contributed by atoms with Crippen molar-refractivity contribution in [1.82, 2.24) is 15.5 Å². The first-order chi connectivity index (χ1) is 11.1. The van der Waals surface area contributed by atoms with Crippen LogP contribution in [0.1, 0.15) is 43.0 Å². The smallest absolute Gasteiger partial charge is 0.244 e. The lowest BCUT2D eigenvalue weighted by atomic mass is 9.96. The van der Waals surface area contributed by atoms with E-state index in [0.29, 0.717) is 17.3 Å². The Morgan fingerprint density at radius 1 is 1.39 bits per heavy atom. The molecular formula is C17H18FN3O2. The van der Waals surface area contributed by atoms with E-state index < -0.39 is 5.54 Å². The summed E-state index contributed by atoms with van der Waals surface area (Å²) in [6, 6.07) is 6.08. The Balaban J connectivity index is 1.74. The lowest BCUT2D eigenvalue weighted by Crippen LogP contribution is -2.44. The molecular weight excluding hydrogens is 297 g/mol. The average Bonchev–Trinajstić information content (AvgIpc) is 3.15. The Bertz CT molecular complexity index is 733. The van der Waals surface area contributed by atoms with E-state index in [1.54, 1.807) is 25.1 Å². The van der Waals surface area contributed by atoms with Gasteiger partial charge in [-0.1, -0.05) is 30.1 Å². The first-order valence-electron chi connectivity index (χ1n) is 7.64. The fourth-order valence-electron chi connectivity index (χ4n) is 2.94. The van der Waals surface area contributed by atoms with Gasteiger partial charge in [0, 0.05) is 13.0 Å². The molecule has 0 unspecified atom stereocenters. The maximum absolute atomic E-state index is 13.1. The van der Waals surface area contributed by atoms with Gasteiger partial charge in [-0.25, -0.2) is 4.39 Å². The normalized spacial score (nSPS) is 16.8. The Morgan fingerprint density at radius 2 is 2.17 bits per heavy atom. The van der Waals surface area contributed by atoms with Crippen LogP contribution in [0.3, 0.4) is 0 Å². The minimum absolute atomic E-state index is 0.251. The molecule has 0 atom stereocenters. The van der Waals surface area contributed by atoms with Crippen molar-refractivity contribution in [3.63, 3.8) is 0 Å². The van der Waals surface area contributed by atoms with Crippen molar-refractivity contribution in [2.24, 2.45) is 0 Å². The topological polar surface area (TPSA) is 68.0 Å². The molecule has 1 N–H and O–H groups in total. The zero-order chi connectivity index (χ0) is 16.3. The number of carbonyl (C=O) groups excluding carboxylic acids is 1. The number of hydrogen-bond acceptors (Lipinski definition) is 4. The van der Waals surface area contributed by atoms with Crippen LogP contribution >= 0.6 is 0 Å². The molecule has 0 spiro atoms. The lowest BCUT2D eigenvalue weighted by Gasteiger charge is -2.25. The standard InChI is InChI=1S/C17H18FN3O2/c1-12-19-16(21-23-12)17(9-2-3-10-17)20-15(22)8-7-13-5-4-6-14(18)11-13/h4-8,11H,2-3,9-10H2,1H3,(H,20,22)/b8-7+. The number of aryl methyl sites for hydroxylation is 1. The van der Waals surface area contributed by atoms with Gasteiger partial charge < -0.3 is 9.84 Å². The third kappa shape index (κ3) is 3.47. The molecule has 2 aromatic rings. The van der Waals surface area contributed by atoms with Crippen LogP contribution < -0.4 is 5.32 Å². The van der Waals surface area contributed by atoms with Crippen molar-refractivity contribution in [3.05, 3.63) is 53.4 Å². The molecule has 23 heavy (non-hydrogen) atoms. The van der Waals surface area contributed by atoms with E-state index in [0.717, 1.165) is 25.7 Å². The van der Waals surface area contributed by atoms with Crippen LogP contribution in [0, 0.1) is 12.7 Å². The van der Waals surface area contributed by atoms with E-state index in [2.05, 4.69) is 15.5 Å². The summed E-state index contributed by atoms with van der Waals surface area (Å²) < 4.78 is 18.2. The Kier molecular flexibility index (Phi) is 4.23. The van der Waals surface area contributed by atoms with Gasteiger partial charge in [0.2, 0.25) is 11.8 Å². The summed E-state index contributed by atoms with van der Waals surface area (Å²) in [6.07, 6.45) is 6.56. The second kappa shape index (κ2) is 6.32. The van der Waals surface area contributed by atoms with Gasteiger partial charge in [0.1, 0.15) is 11.4 Å². The summed E-state index contributed by atoms with van der Waals surface area (Å²) in [5.41, 5.74) is 0.0669. The number of nitrogens with zero attached hydrogens (tertiary/aromatic N) is 2. The SMILES string of the molecule is Cc1nc(C2(NC(=O)/C=C/c3cccc(F)c3)CCCC2)no1. The van der Waals surface area contributed by atoms with Gasteiger partial charge in [-0.05, 0) is 36.6 Å².